The van der Waals surface area contributed by atoms with E-state index in [1.54, 1.807) is 37.4 Å². The Labute approximate surface area is 168 Å². The number of aromatic nitrogens is 1. The van der Waals surface area contributed by atoms with Crippen LogP contribution in [0.1, 0.15) is 21.6 Å². The Bertz CT molecular complexity index is 1050. The third kappa shape index (κ3) is 4.97. The predicted octanol–water partition coefficient (Wildman–Crippen LogP) is 3.13. The fraction of sp³-hybridized carbons (Fsp3) is 0.136. The van der Waals surface area contributed by atoms with E-state index < -0.39 is 11.9 Å². The van der Waals surface area contributed by atoms with Crippen LogP contribution in [0.4, 0.5) is 11.4 Å². The maximum Gasteiger partial charge on any atom is 0.307 e. The van der Waals surface area contributed by atoms with Crippen LogP contribution in [0, 0.1) is 0 Å². The van der Waals surface area contributed by atoms with Gasteiger partial charge in [-0.1, -0.05) is 36.4 Å². The molecule has 0 radical (unpaired) electrons. The molecule has 7 heteroatoms. The van der Waals surface area contributed by atoms with E-state index in [4.69, 9.17) is 10.8 Å². The monoisotopic (exact) mass is 390 g/mol. The number of pyridine rings is 1. The van der Waals surface area contributed by atoms with Gasteiger partial charge in [-0.05, 0) is 35.4 Å². The van der Waals surface area contributed by atoms with Gasteiger partial charge in [0.15, 0.2) is 0 Å². The number of hydrogen-bond donors (Lipinski definition) is 4. The van der Waals surface area contributed by atoms with Crippen LogP contribution in [0.15, 0.2) is 60.7 Å². The largest absolute Gasteiger partial charge is 0.481 e. The van der Waals surface area contributed by atoms with Gasteiger partial charge in [-0.3, -0.25) is 9.59 Å². The Morgan fingerprint density at radius 3 is 2.59 bits per heavy atom. The smallest absolute Gasteiger partial charge is 0.307 e. The van der Waals surface area contributed by atoms with Crippen LogP contribution in [0.5, 0.6) is 0 Å². The summed E-state index contributed by atoms with van der Waals surface area (Å²) in [6.07, 6.45) is -0.183. The van der Waals surface area contributed by atoms with Crippen molar-refractivity contribution in [3.05, 3.63) is 77.5 Å². The summed E-state index contributed by atoms with van der Waals surface area (Å²) in [5, 5.41) is 14.9. The van der Waals surface area contributed by atoms with Gasteiger partial charge in [0.05, 0.1) is 12.1 Å². The van der Waals surface area contributed by atoms with Gasteiger partial charge in [-0.2, -0.15) is 0 Å². The number of benzene rings is 2. The highest BCUT2D eigenvalue weighted by molar-refractivity contribution is 6.04. The van der Waals surface area contributed by atoms with Crippen molar-refractivity contribution in [3.63, 3.8) is 0 Å². The number of hydrogen-bond acceptors (Lipinski definition) is 5. The van der Waals surface area contributed by atoms with Gasteiger partial charge >= 0.3 is 5.97 Å². The first-order valence-corrected chi connectivity index (χ1v) is 9.10. The number of amides is 1. The second kappa shape index (κ2) is 8.99. The van der Waals surface area contributed by atoms with Gasteiger partial charge in [0, 0.05) is 30.5 Å². The molecule has 148 valence electrons. The van der Waals surface area contributed by atoms with Crippen LogP contribution >= 0.6 is 0 Å². The number of nitrogens with zero attached hydrogens (tertiary/aromatic N) is 1. The molecule has 0 aliphatic carbocycles. The number of nitrogens with one attached hydrogen (secondary N) is 2. The van der Waals surface area contributed by atoms with Crippen LogP contribution in [0.3, 0.4) is 0 Å². The zero-order valence-electron chi connectivity index (χ0n) is 16.0. The van der Waals surface area contributed by atoms with Gasteiger partial charge < -0.3 is 21.5 Å². The first-order valence-electron chi connectivity index (χ1n) is 9.10. The minimum Gasteiger partial charge on any atom is -0.481 e. The van der Waals surface area contributed by atoms with Gasteiger partial charge in [-0.15, -0.1) is 0 Å². The summed E-state index contributed by atoms with van der Waals surface area (Å²) >= 11 is 0. The molecule has 0 spiro atoms. The lowest BCUT2D eigenvalue weighted by atomic mass is 10.1. The molecule has 5 N–H and O–H groups in total. The Hall–Kier alpha value is -3.71. The maximum absolute atomic E-state index is 12.9. The lowest BCUT2D eigenvalue weighted by Crippen LogP contribution is -2.16. The lowest BCUT2D eigenvalue weighted by Gasteiger charge is -2.12. The average molecular weight is 390 g/mol. The van der Waals surface area contributed by atoms with E-state index in [0.717, 1.165) is 16.8 Å². The lowest BCUT2D eigenvalue weighted by molar-refractivity contribution is -0.136. The van der Waals surface area contributed by atoms with Crippen LogP contribution < -0.4 is 16.4 Å². The zero-order valence-corrected chi connectivity index (χ0v) is 16.0. The van der Waals surface area contributed by atoms with Crippen LogP contribution in [0.25, 0.3) is 11.3 Å². The van der Waals surface area contributed by atoms with Gasteiger partial charge in [-0.25, -0.2) is 4.98 Å². The molecular formula is C22H22N4O3. The van der Waals surface area contributed by atoms with E-state index in [-0.39, 0.29) is 12.1 Å². The third-order valence-electron chi connectivity index (χ3n) is 4.41. The third-order valence-corrected chi connectivity index (χ3v) is 4.41. The van der Waals surface area contributed by atoms with E-state index in [1.165, 1.54) is 0 Å². The second-order valence-electron chi connectivity index (χ2n) is 6.46. The fourth-order valence-corrected chi connectivity index (χ4v) is 2.94. The summed E-state index contributed by atoms with van der Waals surface area (Å²) in [6, 6.07) is 18.0. The molecule has 0 saturated heterocycles. The Balaban J connectivity index is 1.94. The fourth-order valence-electron chi connectivity index (χ4n) is 2.94. The van der Waals surface area contributed by atoms with Gasteiger partial charge in [0.1, 0.15) is 5.69 Å². The second-order valence-corrected chi connectivity index (χ2v) is 6.46. The topological polar surface area (TPSA) is 117 Å². The van der Waals surface area contributed by atoms with Crippen LogP contribution in [-0.4, -0.2) is 29.0 Å². The molecule has 0 unspecified atom stereocenters. The number of nitrogens with two attached hydrogens (primary N) is 1. The number of aliphatic carboxylic acids is 1. The average Bonchev–Trinajstić information content (AvgIpc) is 2.74. The standard InChI is InChI=1S/C22H22N4O3/c1-24-17-11-19(15-7-4-5-14(9-15)13-23)25-20(12-17)22(29)26-18-8-3-2-6-16(18)10-21(27)28/h2-9,11-12H,10,13,23H2,1H3,(H,24,25)(H,26,29)(H,27,28). The van der Waals surface area contributed by atoms with E-state index in [1.807, 2.05) is 30.3 Å². The van der Waals surface area contributed by atoms with Gasteiger partial charge in [0.2, 0.25) is 0 Å². The van der Waals surface area contributed by atoms with Crippen molar-refractivity contribution in [1.29, 1.82) is 0 Å². The minimum atomic E-state index is -0.968. The molecule has 0 fully saturated rings. The molecule has 1 amide bonds. The predicted molar refractivity (Wildman–Crippen MR) is 113 cm³/mol. The van der Waals surface area contributed by atoms with E-state index >= 15 is 0 Å². The van der Waals surface area contributed by atoms with Crippen molar-refractivity contribution in [3.8, 4) is 11.3 Å². The molecule has 0 saturated carbocycles. The zero-order chi connectivity index (χ0) is 20.8. The molecule has 7 nitrogen and oxygen atoms in total. The van der Waals surface area contributed by atoms with Crippen molar-refractivity contribution in [2.24, 2.45) is 5.73 Å². The normalized spacial score (nSPS) is 10.4. The molecule has 1 heterocycles. The molecule has 3 aromatic rings. The number of para-hydroxylation sites is 1. The molecular weight excluding hydrogens is 368 g/mol. The van der Waals surface area contributed by atoms with Crippen molar-refractivity contribution in [2.75, 3.05) is 17.7 Å². The van der Waals surface area contributed by atoms with Crippen molar-refractivity contribution in [2.45, 2.75) is 13.0 Å². The molecule has 29 heavy (non-hydrogen) atoms. The van der Waals surface area contributed by atoms with Crippen molar-refractivity contribution in [1.82, 2.24) is 4.98 Å². The molecule has 1 aromatic heterocycles. The van der Waals surface area contributed by atoms with Crippen LogP contribution in [-0.2, 0) is 17.8 Å². The Kier molecular flexibility index (Phi) is 6.21. The molecule has 0 aliphatic rings. The maximum atomic E-state index is 12.9. The highest BCUT2D eigenvalue weighted by Crippen LogP contribution is 2.24. The molecule has 2 aromatic carbocycles. The number of carboxylic acids is 1. The number of anilines is 2. The summed E-state index contributed by atoms with van der Waals surface area (Å²) in [6.45, 7) is 0.410. The Morgan fingerprint density at radius 1 is 1.07 bits per heavy atom. The Morgan fingerprint density at radius 2 is 1.86 bits per heavy atom. The SMILES string of the molecule is CNc1cc(C(=O)Nc2ccccc2CC(=O)O)nc(-c2cccc(CN)c2)c1. The summed E-state index contributed by atoms with van der Waals surface area (Å²) in [7, 11) is 1.76. The summed E-state index contributed by atoms with van der Waals surface area (Å²) in [5.41, 5.74) is 10.1. The molecule has 0 aliphatic heterocycles. The summed E-state index contributed by atoms with van der Waals surface area (Å²) < 4.78 is 0. The summed E-state index contributed by atoms with van der Waals surface area (Å²) in [5.74, 6) is -1.39. The minimum absolute atomic E-state index is 0.183. The molecule has 3 rings (SSSR count). The van der Waals surface area contributed by atoms with Crippen LogP contribution in [0.2, 0.25) is 0 Å². The van der Waals surface area contributed by atoms with Gasteiger partial charge in [0.25, 0.3) is 5.91 Å². The first-order chi connectivity index (χ1) is 14.0. The first kappa shape index (κ1) is 20.0. The van der Waals surface area contributed by atoms with E-state index in [9.17, 15) is 9.59 Å². The summed E-state index contributed by atoms with van der Waals surface area (Å²) in [4.78, 5) is 28.4. The number of carbonyl (C=O) groups is 2. The van der Waals surface area contributed by atoms with Crippen molar-refractivity contribution >= 4 is 23.3 Å². The quantitative estimate of drug-likeness (QED) is 0.492. The number of carboxylic acid groups (broad SMARTS) is 1. The highest BCUT2D eigenvalue weighted by Gasteiger charge is 2.14. The van der Waals surface area contributed by atoms with E-state index in [0.29, 0.717) is 23.5 Å². The highest BCUT2D eigenvalue weighted by atomic mass is 16.4. The van der Waals surface area contributed by atoms with E-state index in [2.05, 4.69) is 15.6 Å². The van der Waals surface area contributed by atoms with Crippen molar-refractivity contribution < 1.29 is 14.7 Å². The molecule has 0 bridgehead atoms. The number of carbonyl (C=O) groups excluding carboxylic acids is 1. The number of rotatable bonds is 7. The molecule has 0 atom stereocenters.